The van der Waals surface area contributed by atoms with Gasteiger partial charge in [0.2, 0.25) is 5.91 Å². The standard InChI is InChI=1S/C16H22N4O3/c1-9(20-6-5-11(8-20)10(2)21)15(22)17-12-3-4-13-14(7-12)19-16(23)18-13/h3-4,7,9-11,21H,5-6,8H2,1-2H3,(H,17,22)(H2,18,19,23). The van der Waals surface area contributed by atoms with Gasteiger partial charge in [-0.2, -0.15) is 0 Å². The summed E-state index contributed by atoms with van der Waals surface area (Å²) in [5, 5.41) is 12.6. The normalized spacial score (nSPS) is 21.4. The number of imidazole rings is 1. The van der Waals surface area contributed by atoms with E-state index >= 15 is 0 Å². The molecular weight excluding hydrogens is 296 g/mol. The maximum absolute atomic E-state index is 12.4. The van der Waals surface area contributed by atoms with Gasteiger partial charge in [-0.1, -0.05) is 0 Å². The number of H-pyrrole nitrogens is 2. The van der Waals surface area contributed by atoms with E-state index in [1.54, 1.807) is 25.1 Å². The number of aromatic amines is 2. The Labute approximate surface area is 133 Å². The number of hydrogen-bond donors (Lipinski definition) is 4. The van der Waals surface area contributed by atoms with Gasteiger partial charge in [-0.25, -0.2) is 4.79 Å². The Morgan fingerprint density at radius 2 is 2.09 bits per heavy atom. The molecule has 1 amide bonds. The molecular formula is C16H22N4O3. The third-order valence-corrected chi connectivity index (χ3v) is 4.65. The molecule has 3 rings (SSSR count). The molecule has 2 aromatic rings. The van der Waals surface area contributed by atoms with Crippen LogP contribution in [-0.2, 0) is 4.79 Å². The van der Waals surface area contributed by atoms with E-state index in [-0.39, 0.29) is 29.7 Å². The lowest BCUT2D eigenvalue weighted by molar-refractivity contribution is -0.120. The maximum Gasteiger partial charge on any atom is 0.323 e. The number of amides is 1. The number of aromatic nitrogens is 2. The van der Waals surface area contributed by atoms with Gasteiger partial charge in [0.25, 0.3) is 0 Å². The van der Waals surface area contributed by atoms with Crippen LogP contribution in [-0.4, -0.2) is 51.1 Å². The number of carbonyl (C=O) groups is 1. The van der Waals surface area contributed by atoms with Gasteiger partial charge in [-0.3, -0.25) is 9.69 Å². The van der Waals surface area contributed by atoms with E-state index in [2.05, 4.69) is 20.2 Å². The third-order valence-electron chi connectivity index (χ3n) is 4.65. The number of hydrogen-bond acceptors (Lipinski definition) is 4. The third kappa shape index (κ3) is 3.30. The molecule has 7 nitrogen and oxygen atoms in total. The van der Waals surface area contributed by atoms with Crippen LogP contribution in [0.25, 0.3) is 11.0 Å². The van der Waals surface area contributed by atoms with Crippen LogP contribution in [0.15, 0.2) is 23.0 Å². The summed E-state index contributed by atoms with van der Waals surface area (Å²) in [6.45, 7) is 5.22. The van der Waals surface area contributed by atoms with Crippen LogP contribution in [0.1, 0.15) is 20.3 Å². The summed E-state index contributed by atoms with van der Waals surface area (Å²) in [5.74, 6) is 0.139. The number of carbonyl (C=O) groups excluding carboxylic acids is 1. The molecule has 0 aliphatic carbocycles. The largest absolute Gasteiger partial charge is 0.393 e. The van der Waals surface area contributed by atoms with E-state index in [0.29, 0.717) is 16.7 Å². The summed E-state index contributed by atoms with van der Waals surface area (Å²) >= 11 is 0. The van der Waals surface area contributed by atoms with Crippen LogP contribution in [0, 0.1) is 5.92 Å². The first-order valence-corrected chi connectivity index (χ1v) is 7.89. The van der Waals surface area contributed by atoms with Crippen LogP contribution in [0.2, 0.25) is 0 Å². The second-order valence-corrected chi connectivity index (χ2v) is 6.29. The molecule has 1 aromatic heterocycles. The van der Waals surface area contributed by atoms with Gasteiger partial charge in [0.15, 0.2) is 0 Å². The van der Waals surface area contributed by atoms with Crippen molar-refractivity contribution < 1.29 is 9.90 Å². The number of fused-ring (bicyclic) bond motifs is 1. The van der Waals surface area contributed by atoms with Gasteiger partial charge in [0.1, 0.15) is 0 Å². The van der Waals surface area contributed by atoms with Gasteiger partial charge < -0.3 is 20.4 Å². The summed E-state index contributed by atoms with van der Waals surface area (Å²) in [6.07, 6.45) is 0.564. The van der Waals surface area contributed by atoms with Crippen molar-refractivity contribution in [2.24, 2.45) is 5.92 Å². The summed E-state index contributed by atoms with van der Waals surface area (Å²) in [7, 11) is 0. The van der Waals surface area contributed by atoms with Crippen molar-refractivity contribution in [3.8, 4) is 0 Å². The Bertz CT molecular complexity index is 764. The smallest absolute Gasteiger partial charge is 0.323 e. The summed E-state index contributed by atoms with van der Waals surface area (Å²) < 4.78 is 0. The number of nitrogens with zero attached hydrogens (tertiary/aromatic N) is 1. The number of likely N-dealkylation sites (tertiary alicyclic amines) is 1. The SMILES string of the molecule is CC(O)C1CCN(C(C)C(=O)Nc2ccc3[nH]c(=O)[nH]c3c2)C1. The number of rotatable bonds is 4. The molecule has 124 valence electrons. The first kappa shape index (κ1) is 15.8. The molecule has 7 heteroatoms. The second-order valence-electron chi connectivity index (χ2n) is 6.29. The Morgan fingerprint density at radius 3 is 2.78 bits per heavy atom. The highest BCUT2D eigenvalue weighted by atomic mass is 16.3. The van der Waals surface area contributed by atoms with Crippen LogP contribution in [0.3, 0.4) is 0 Å². The summed E-state index contributed by atoms with van der Waals surface area (Å²) in [4.78, 5) is 31.1. The molecule has 3 unspecified atom stereocenters. The lowest BCUT2D eigenvalue weighted by Crippen LogP contribution is -2.41. The van der Waals surface area contributed by atoms with Gasteiger partial charge in [-0.05, 0) is 50.9 Å². The summed E-state index contributed by atoms with van der Waals surface area (Å²) in [5.41, 5.74) is 1.75. The molecule has 23 heavy (non-hydrogen) atoms. The highest BCUT2D eigenvalue weighted by Gasteiger charge is 2.31. The zero-order valence-electron chi connectivity index (χ0n) is 13.3. The molecule has 0 bridgehead atoms. The molecule has 3 atom stereocenters. The average molecular weight is 318 g/mol. The molecule has 4 N–H and O–H groups in total. The molecule has 0 spiro atoms. The predicted octanol–water partition coefficient (Wildman–Crippen LogP) is 0.886. The second kappa shape index (κ2) is 6.17. The van der Waals surface area contributed by atoms with Gasteiger partial charge >= 0.3 is 5.69 Å². The molecule has 1 aromatic carbocycles. The lowest BCUT2D eigenvalue weighted by atomic mass is 10.0. The highest BCUT2D eigenvalue weighted by molar-refractivity contribution is 5.96. The first-order chi connectivity index (χ1) is 10.9. The minimum absolute atomic E-state index is 0.0894. The van der Waals surface area contributed by atoms with E-state index in [1.165, 1.54) is 0 Å². The van der Waals surface area contributed by atoms with Crippen LogP contribution < -0.4 is 11.0 Å². The van der Waals surface area contributed by atoms with E-state index in [0.717, 1.165) is 19.5 Å². The Balaban J connectivity index is 1.66. The first-order valence-electron chi connectivity index (χ1n) is 7.89. The number of benzene rings is 1. The maximum atomic E-state index is 12.4. The monoisotopic (exact) mass is 318 g/mol. The molecule has 1 aliphatic rings. The fraction of sp³-hybridized carbons (Fsp3) is 0.500. The minimum Gasteiger partial charge on any atom is -0.393 e. The zero-order chi connectivity index (χ0) is 16.6. The van der Waals surface area contributed by atoms with E-state index < -0.39 is 0 Å². The Morgan fingerprint density at radius 1 is 1.35 bits per heavy atom. The van der Waals surface area contributed by atoms with Crippen molar-refractivity contribution in [1.29, 1.82) is 0 Å². The quantitative estimate of drug-likeness (QED) is 0.672. The van der Waals surface area contributed by atoms with Gasteiger partial charge in [-0.15, -0.1) is 0 Å². The summed E-state index contributed by atoms with van der Waals surface area (Å²) in [6, 6.07) is 4.99. The number of anilines is 1. The van der Waals surface area contributed by atoms with Crippen molar-refractivity contribution >= 4 is 22.6 Å². The highest BCUT2D eigenvalue weighted by Crippen LogP contribution is 2.22. The fourth-order valence-electron chi connectivity index (χ4n) is 3.08. The van der Waals surface area contributed by atoms with Crippen LogP contribution >= 0.6 is 0 Å². The molecule has 1 fully saturated rings. The van der Waals surface area contributed by atoms with Crippen molar-refractivity contribution in [2.45, 2.75) is 32.4 Å². The molecule has 0 radical (unpaired) electrons. The Hall–Kier alpha value is -2.12. The van der Waals surface area contributed by atoms with E-state index in [1.807, 2.05) is 6.92 Å². The minimum atomic E-state index is -0.344. The van der Waals surface area contributed by atoms with Gasteiger partial charge in [0.05, 0.1) is 23.2 Å². The van der Waals surface area contributed by atoms with Crippen molar-refractivity contribution in [2.75, 3.05) is 18.4 Å². The molecule has 0 saturated carbocycles. The topological polar surface area (TPSA) is 101 Å². The number of aliphatic hydroxyl groups is 1. The Kier molecular flexibility index (Phi) is 4.23. The lowest BCUT2D eigenvalue weighted by Gasteiger charge is -2.24. The molecule has 1 aliphatic heterocycles. The fourth-order valence-corrected chi connectivity index (χ4v) is 3.08. The van der Waals surface area contributed by atoms with Crippen molar-refractivity contribution in [3.63, 3.8) is 0 Å². The molecule has 1 saturated heterocycles. The van der Waals surface area contributed by atoms with E-state index in [4.69, 9.17) is 0 Å². The number of aliphatic hydroxyl groups excluding tert-OH is 1. The van der Waals surface area contributed by atoms with E-state index in [9.17, 15) is 14.7 Å². The average Bonchev–Trinajstić information content (AvgIpc) is 3.11. The number of nitrogens with one attached hydrogen (secondary N) is 3. The molecule has 2 heterocycles. The van der Waals surface area contributed by atoms with Crippen molar-refractivity contribution in [1.82, 2.24) is 14.9 Å². The predicted molar refractivity (Wildman–Crippen MR) is 88.4 cm³/mol. The van der Waals surface area contributed by atoms with Crippen molar-refractivity contribution in [3.05, 3.63) is 28.7 Å². The van der Waals surface area contributed by atoms with Gasteiger partial charge in [0, 0.05) is 12.2 Å². The van der Waals surface area contributed by atoms with Crippen LogP contribution in [0.4, 0.5) is 5.69 Å². The zero-order valence-corrected chi connectivity index (χ0v) is 13.3. The van der Waals surface area contributed by atoms with Crippen LogP contribution in [0.5, 0.6) is 0 Å².